The van der Waals surface area contributed by atoms with Crippen LogP contribution in [0.4, 0.5) is 0 Å². The number of aliphatic carboxylic acids is 1. The summed E-state index contributed by atoms with van der Waals surface area (Å²) >= 11 is 6.68. The number of aryl methyl sites for hydroxylation is 2. The van der Waals surface area contributed by atoms with Crippen LogP contribution in [-0.4, -0.2) is 38.1 Å². The number of carbonyl (C=O) groups excluding carboxylic acids is 1. The van der Waals surface area contributed by atoms with Gasteiger partial charge in [0.05, 0.1) is 11.0 Å². The standard InChI is InChI=1S/C29H29ClN4O4/c1-17-6-8-20(14-21(17)28(37)31-11-4-3-5-27(35)36)38-29-32-24-15-22(23(30)16-25(24)33-29)18-7-9-26-19(13-18)10-12-34(26)2/h6,8-10,12-16,18H,3-5,7,11H2,1-2H3,(H,31,37)(H,32,33)(H,35,36). The smallest absolute Gasteiger partial charge is 0.303 e. The Bertz CT molecular complexity index is 1650. The van der Waals surface area contributed by atoms with Gasteiger partial charge in [-0.15, -0.1) is 0 Å². The molecule has 0 aliphatic heterocycles. The van der Waals surface area contributed by atoms with E-state index in [0.29, 0.717) is 47.2 Å². The van der Waals surface area contributed by atoms with Crippen LogP contribution in [0.5, 0.6) is 11.8 Å². The number of hydrogen-bond donors (Lipinski definition) is 3. The molecule has 2 heterocycles. The van der Waals surface area contributed by atoms with Crippen molar-refractivity contribution in [3.8, 4) is 11.8 Å². The molecule has 0 radical (unpaired) electrons. The van der Waals surface area contributed by atoms with Crippen LogP contribution in [-0.2, 0) is 11.8 Å². The molecule has 38 heavy (non-hydrogen) atoms. The number of unbranched alkanes of at least 4 members (excludes halogenated alkanes) is 1. The molecular formula is C29H29ClN4O4. The molecular weight excluding hydrogens is 504 g/mol. The minimum absolute atomic E-state index is 0.0910. The van der Waals surface area contributed by atoms with Crippen LogP contribution in [0.15, 0.2) is 42.6 Å². The first-order chi connectivity index (χ1) is 18.3. The SMILES string of the molecule is Cc1ccc(Oc2nc3cc(Cl)c(C4C=c5ccn(C)c5=CC4)cc3[nH]2)cc1C(=O)NCCCCC(=O)O. The van der Waals surface area contributed by atoms with E-state index in [4.69, 9.17) is 21.4 Å². The van der Waals surface area contributed by atoms with Crippen molar-refractivity contribution in [2.24, 2.45) is 7.05 Å². The van der Waals surface area contributed by atoms with Crippen molar-refractivity contribution < 1.29 is 19.4 Å². The topological polar surface area (TPSA) is 109 Å². The van der Waals surface area contributed by atoms with E-state index in [9.17, 15) is 9.59 Å². The van der Waals surface area contributed by atoms with Gasteiger partial charge >= 0.3 is 5.97 Å². The number of aromatic amines is 1. The van der Waals surface area contributed by atoms with Crippen LogP contribution in [0, 0.1) is 6.92 Å². The highest BCUT2D eigenvalue weighted by atomic mass is 35.5. The molecule has 0 spiro atoms. The quantitative estimate of drug-likeness (QED) is 0.277. The molecule has 2 aromatic heterocycles. The number of hydrogen-bond acceptors (Lipinski definition) is 4. The Balaban J connectivity index is 1.31. The van der Waals surface area contributed by atoms with E-state index in [1.54, 1.807) is 12.1 Å². The van der Waals surface area contributed by atoms with Gasteiger partial charge in [-0.05, 0) is 72.9 Å². The highest BCUT2D eigenvalue weighted by molar-refractivity contribution is 6.32. The number of imidazole rings is 1. The Labute approximate surface area is 224 Å². The largest absolute Gasteiger partial charge is 0.481 e. The minimum Gasteiger partial charge on any atom is -0.481 e. The summed E-state index contributed by atoms with van der Waals surface area (Å²) in [5.74, 6) is -0.426. The fraction of sp³-hybridized carbons (Fsp3) is 0.276. The zero-order valence-corrected chi connectivity index (χ0v) is 22.0. The minimum atomic E-state index is -0.835. The van der Waals surface area contributed by atoms with Gasteiger partial charge in [-0.2, -0.15) is 4.98 Å². The summed E-state index contributed by atoms with van der Waals surface area (Å²) in [4.78, 5) is 31.1. The number of carboxylic acids is 1. The van der Waals surface area contributed by atoms with Gasteiger partial charge in [-0.25, -0.2) is 0 Å². The summed E-state index contributed by atoms with van der Waals surface area (Å²) in [6.45, 7) is 2.26. The molecule has 1 unspecified atom stereocenters. The maximum atomic E-state index is 12.7. The normalized spacial score (nSPS) is 14.4. The van der Waals surface area contributed by atoms with Crippen LogP contribution in [0.25, 0.3) is 23.2 Å². The van der Waals surface area contributed by atoms with Gasteiger partial charge < -0.3 is 24.7 Å². The van der Waals surface area contributed by atoms with Crippen molar-refractivity contribution in [2.45, 2.75) is 38.5 Å². The van der Waals surface area contributed by atoms with E-state index < -0.39 is 5.97 Å². The number of nitrogens with zero attached hydrogens (tertiary/aromatic N) is 2. The van der Waals surface area contributed by atoms with E-state index in [0.717, 1.165) is 23.1 Å². The first-order valence-electron chi connectivity index (χ1n) is 12.6. The summed E-state index contributed by atoms with van der Waals surface area (Å²) in [6, 6.07) is 11.6. The average Bonchev–Trinajstić information content (AvgIpc) is 3.45. The first-order valence-corrected chi connectivity index (χ1v) is 13.0. The monoisotopic (exact) mass is 532 g/mol. The second-order valence-corrected chi connectivity index (χ2v) is 10.0. The number of halogens is 1. The van der Waals surface area contributed by atoms with Crippen LogP contribution >= 0.6 is 11.6 Å². The zero-order chi connectivity index (χ0) is 26.8. The lowest BCUT2D eigenvalue weighted by molar-refractivity contribution is -0.137. The number of ether oxygens (including phenoxy) is 1. The maximum Gasteiger partial charge on any atom is 0.303 e. The molecule has 1 aliphatic carbocycles. The molecule has 5 rings (SSSR count). The molecule has 0 saturated heterocycles. The second kappa shape index (κ2) is 10.8. The number of rotatable bonds is 9. The zero-order valence-electron chi connectivity index (χ0n) is 21.3. The lowest BCUT2D eigenvalue weighted by Crippen LogP contribution is -2.30. The van der Waals surface area contributed by atoms with E-state index in [1.807, 2.05) is 32.2 Å². The molecule has 9 heteroatoms. The number of fused-ring (bicyclic) bond motifs is 2. The van der Waals surface area contributed by atoms with Gasteiger partial charge in [-0.3, -0.25) is 9.59 Å². The first kappa shape index (κ1) is 25.6. The van der Waals surface area contributed by atoms with Crippen molar-refractivity contribution in [1.82, 2.24) is 19.9 Å². The lowest BCUT2D eigenvalue weighted by Gasteiger charge is -2.15. The molecule has 1 atom stereocenters. The van der Waals surface area contributed by atoms with E-state index >= 15 is 0 Å². The van der Waals surface area contributed by atoms with Crippen LogP contribution < -0.4 is 20.6 Å². The fourth-order valence-corrected chi connectivity index (χ4v) is 5.08. The van der Waals surface area contributed by atoms with Gasteiger partial charge in [0.1, 0.15) is 5.75 Å². The average molecular weight is 533 g/mol. The maximum absolute atomic E-state index is 12.7. The highest BCUT2D eigenvalue weighted by Crippen LogP contribution is 2.34. The predicted octanol–water partition coefficient (Wildman–Crippen LogP) is 4.39. The van der Waals surface area contributed by atoms with E-state index in [1.165, 1.54) is 10.6 Å². The Morgan fingerprint density at radius 2 is 2.08 bits per heavy atom. The molecule has 4 aromatic rings. The highest BCUT2D eigenvalue weighted by Gasteiger charge is 2.18. The molecule has 2 aromatic carbocycles. The fourth-order valence-electron chi connectivity index (χ4n) is 4.78. The molecule has 0 bridgehead atoms. The molecule has 1 amide bonds. The number of benzene rings is 2. The summed E-state index contributed by atoms with van der Waals surface area (Å²) in [7, 11) is 2.04. The van der Waals surface area contributed by atoms with E-state index in [2.05, 4.69) is 44.3 Å². The second-order valence-electron chi connectivity index (χ2n) is 9.60. The van der Waals surface area contributed by atoms with Crippen molar-refractivity contribution in [3.63, 3.8) is 0 Å². The van der Waals surface area contributed by atoms with E-state index in [-0.39, 0.29) is 18.2 Å². The van der Waals surface area contributed by atoms with Gasteiger partial charge in [0.2, 0.25) is 0 Å². The summed E-state index contributed by atoms with van der Waals surface area (Å²) in [5, 5.41) is 14.7. The van der Waals surface area contributed by atoms with Crippen molar-refractivity contribution >= 4 is 46.7 Å². The third kappa shape index (κ3) is 5.45. The van der Waals surface area contributed by atoms with Gasteiger partial charge in [-0.1, -0.05) is 29.8 Å². The van der Waals surface area contributed by atoms with Crippen LogP contribution in [0.3, 0.4) is 0 Å². The summed E-state index contributed by atoms with van der Waals surface area (Å²) in [6.07, 6.45) is 8.62. The Morgan fingerprint density at radius 3 is 2.89 bits per heavy atom. The third-order valence-electron chi connectivity index (χ3n) is 6.85. The van der Waals surface area contributed by atoms with Crippen LogP contribution in [0.2, 0.25) is 5.02 Å². The number of H-pyrrole nitrogens is 1. The molecule has 1 aliphatic rings. The molecule has 3 N–H and O–H groups in total. The summed E-state index contributed by atoms with van der Waals surface area (Å²) in [5.41, 5.74) is 3.84. The number of nitrogens with one attached hydrogen (secondary N) is 2. The Hall–Kier alpha value is -4.04. The number of carbonyl (C=O) groups is 2. The third-order valence-corrected chi connectivity index (χ3v) is 7.18. The lowest BCUT2D eigenvalue weighted by atomic mass is 9.91. The van der Waals surface area contributed by atoms with Crippen LogP contribution in [0.1, 0.15) is 53.1 Å². The molecule has 8 nitrogen and oxygen atoms in total. The molecule has 196 valence electrons. The number of amides is 1. The number of aromatic nitrogens is 3. The van der Waals surface area contributed by atoms with Crippen molar-refractivity contribution in [3.05, 3.63) is 74.9 Å². The van der Waals surface area contributed by atoms with Gasteiger partial charge in [0.25, 0.3) is 11.9 Å². The van der Waals surface area contributed by atoms with Crippen molar-refractivity contribution in [2.75, 3.05) is 6.54 Å². The van der Waals surface area contributed by atoms with Gasteiger partial charge in [0.15, 0.2) is 0 Å². The molecule has 0 saturated carbocycles. The summed E-state index contributed by atoms with van der Waals surface area (Å²) < 4.78 is 8.10. The van der Waals surface area contributed by atoms with Crippen molar-refractivity contribution in [1.29, 1.82) is 0 Å². The predicted molar refractivity (Wildman–Crippen MR) is 147 cm³/mol. The Kier molecular flexibility index (Phi) is 7.24. The van der Waals surface area contributed by atoms with Gasteiger partial charge in [0, 0.05) is 48.1 Å². The number of carboxylic acid groups (broad SMARTS) is 1. The molecule has 0 fully saturated rings. The Morgan fingerprint density at radius 1 is 1.24 bits per heavy atom.